The standard InChI is InChI=1S/C11H8F2N2O2/c12-6-1-4-5(2-7(6)13)11(17)15(10(4)16)9-3-8(9)14/h1-2,8-9H,3,14H2. The number of hydrogen-bond donors (Lipinski definition) is 1. The number of carbonyl (C=O) groups excluding carboxylic acids is 2. The fraction of sp³-hybridized carbons (Fsp3) is 0.273. The van der Waals surface area contributed by atoms with Gasteiger partial charge in [-0.1, -0.05) is 0 Å². The van der Waals surface area contributed by atoms with Crippen molar-refractivity contribution in [2.24, 2.45) is 5.73 Å². The molecule has 2 atom stereocenters. The molecule has 0 bridgehead atoms. The zero-order valence-electron chi connectivity index (χ0n) is 8.61. The van der Waals surface area contributed by atoms with Crippen LogP contribution in [0.15, 0.2) is 12.1 Å². The van der Waals surface area contributed by atoms with Crippen LogP contribution in [0.2, 0.25) is 0 Å². The molecule has 1 saturated carbocycles. The predicted molar refractivity (Wildman–Crippen MR) is 53.2 cm³/mol. The van der Waals surface area contributed by atoms with Crippen LogP contribution in [-0.4, -0.2) is 28.8 Å². The number of imide groups is 1. The SMILES string of the molecule is NC1CC1N1C(=O)c2cc(F)c(F)cc2C1=O. The van der Waals surface area contributed by atoms with E-state index >= 15 is 0 Å². The number of hydrogen-bond acceptors (Lipinski definition) is 3. The molecule has 17 heavy (non-hydrogen) atoms. The van der Waals surface area contributed by atoms with Gasteiger partial charge in [0.15, 0.2) is 11.6 Å². The van der Waals surface area contributed by atoms with Crippen molar-refractivity contribution in [2.75, 3.05) is 0 Å². The van der Waals surface area contributed by atoms with Gasteiger partial charge in [0, 0.05) is 6.04 Å². The summed E-state index contributed by atoms with van der Waals surface area (Å²) in [4.78, 5) is 24.7. The average molecular weight is 238 g/mol. The Kier molecular flexibility index (Phi) is 1.89. The molecule has 4 nitrogen and oxygen atoms in total. The molecule has 2 aliphatic rings. The monoisotopic (exact) mass is 238 g/mol. The maximum absolute atomic E-state index is 13.0. The second-order valence-electron chi connectivity index (χ2n) is 4.26. The van der Waals surface area contributed by atoms with Gasteiger partial charge < -0.3 is 5.73 Å². The van der Waals surface area contributed by atoms with Gasteiger partial charge in [-0.25, -0.2) is 8.78 Å². The molecule has 1 aliphatic heterocycles. The maximum Gasteiger partial charge on any atom is 0.261 e. The summed E-state index contributed by atoms with van der Waals surface area (Å²) in [6.07, 6.45) is 0.538. The largest absolute Gasteiger partial charge is 0.326 e. The minimum Gasteiger partial charge on any atom is -0.326 e. The van der Waals surface area contributed by atoms with E-state index in [2.05, 4.69) is 0 Å². The number of fused-ring (bicyclic) bond motifs is 1. The molecule has 2 N–H and O–H groups in total. The van der Waals surface area contributed by atoms with E-state index in [1.807, 2.05) is 0 Å². The van der Waals surface area contributed by atoms with Crippen molar-refractivity contribution in [3.63, 3.8) is 0 Å². The van der Waals surface area contributed by atoms with Crippen LogP contribution in [0.5, 0.6) is 0 Å². The van der Waals surface area contributed by atoms with Crippen LogP contribution in [0.4, 0.5) is 8.78 Å². The van der Waals surface area contributed by atoms with Crippen molar-refractivity contribution in [3.8, 4) is 0 Å². The molecule has 0 spiro atoms. The summed E-state index contributed by atoms with van der Waals surface area (Å²) in [7, 11) is 0. The Morgan fingerprint density at radius 1 is 1.12 bits per heavy atom. The molecule has 3 rings (SSSR count). The number of benzene rings is 1. The van der Waals surface area contributed by atoms with Crippen LogP contribution in [0, 0.1) is 11.6 Å². The first-order valence-electron chi connectivity index (χ1n) is 5.13. The van der Waals surface area contributed by atoms with Gasteiger partial charge in [0.25, 0.3) is 11.8 Å². The summed E-state index contributed by atoms with van der Waals surface area (Å²) in [5.74, 6) is -3.46. The van der Waals surface area contributed by atoms with Crippen LogP contribution in [0.3, 0.4) is 0 Å². The molecule has 88 valence electrons. The molecule has 0 saturated heterocycles. The highest BCUT2D eigenvalue weighted by atomic mass is 19.2. The minimum absolute atomic E-state index is 0.0898. The lowest BCUT2D eigenvalue weighted by Gasteiger charge is -2.12. The Bertz CT molecular complexity index is 518. The molecular formula is C11H8F2N2O2. The van der Waals surface area contributed by atoms with Gasteiger partial charge >= 0.3 is 0 Å². The van der Waals surface area contributed by atoms with Crippen LogP contribution >= 0.6 is 0 Å². The van der Waals surface area contributed by atoms with E-state index in [4.69, 9.17) is 5.73 Å². The van der Waals surface area contributed by atoms with E-state index in [0.29, 0.717) is 6.42 Å². The lowest BCUT2D eigenvalue weighted by Crippen LogP contribution is -2.35. The van der Waals surface area contributed by atoms with E-state index < -0.39 is 23.4 Å². The molecular weight excluding hydrogens is 230 g/mol. The van der Waals surface area contributed by atoms with Gasteiger partial charge in [0.2, 0.25) is 0 Å². The van der Waals surface area contributed by atoms with Crippen LogP contribution < -0.4 is 5.73 Å². The van der Waals surface area contributed by atoms with E-state index in [1.165, 1.54) is 0 Å². The Morgan fingerprint density at radius 2 is 1.53 bits per heavy atom. The zero-order chi connectivity index (χ0) is 12.3. The molecule has 1 aromatic rings. The van der Waals surface area contributed by atoms with E-state index in [0.717, 1.165) is 17.0 Å². The predicted octanol–water partition coefficient (Wildman–Crippen LogP) is 0.660. The molecule has 0 radical (unpaired) electrons. The highest BCUT2D eigenvalue weighted by Gasteiger charge is 2.49. The molecule has 1 aliphatic carbocycles. The highest BCUT2D eigenvalue weighted by Crippen LogP contribution is 2.34. The quantitative estimate of drug-likeness (QED) is 0.731. The fourth-order valence-corrected chi connectivity index (χ4v) is 2.05. The third-order valence-corrected chi connectivity index (χ3v) is 3.10. The highest BCUT2D eigenvalue weighted by molar-refractivity contribution is 6.21. The van der Waals surface area contributed by atoms with Crippen molar-refractivity contribution >= 4 is 11.8 Å². The van der Waals surface area contributed by atoms with Crippen LogP contribution in [-0.2, 0) is 0 Å². The number of carbonyl (C=O) groups is 2. The van der Waals surface area contributed by atoms with E-state index in [1.54, 1.807) is 0 Å². The van der Waals surface area contributed by atoms with Gasteiger partial charge in [-0.2, -0.15) is 0 Å². The summed E-state index contributed by atoms with van der Waals surface area (Å²) in [5.41, 5.74) is 5.39. The summed E-state index contributed by atoms with van der Waals surface area (Å²) < 4.78 is 26.0. The lowest BCUT2D eigenvalue weighted by molar-refractivity contribution is 0.0639. The first-order valence-corrected chi connectivity index (χ1v) is 5.13. The normalized spacial score (nSPS) is 26.4. The van der Waals surface area contributed by atoms with Crippen molar-refractivity contribution in [1.82, 2.24) is 4.90 Å². The van der Waals surface area contributed by atoms with Crippen molar-refractivity contribution in [3.05, 3.63) is 34.9 Å². The molecule has 6 heteroatoms. The lowest BCUT2D eigenvalue weighted by atomic mass is 10.1. The van der Waals surface area contributed by atoms with E-state index in [9.17, 15) is 18.4 Å². The molecule has 1 aromatic carbocycles. The molecule has 0 aromatic heterocycles. The number of nitrogens with zero attached hydrogens (tertiary/aromatic N) is 1. The summed E-state index contributed by atoms with van der Waals surface area (Å²) >= 11 is 0. The first-order chi connectivity index (χ1) is 8.00. The van der Waals surface area contributed by atoms with Crippen molar-refractivity contribution < 1.29 is 18.4 Å². The Balaban J connectivity index is 2.09. The van der Waals surface area contributed by atoms with Crippen molar-refractivity contribution in [2.45, 2.75) is 18.5 Å². The van der Waals surface area contributed by atoms with Crippen LogP contribution in [0.1, 0.15) is 27.1 Å². The first kappa shape index (κ1) is 10.3. The second kappa shape index (κ2) is 3.10. The minimum atomic E-state index is -1.13. The second-order valence-corrected chi connectivity index (χ2v) is 4.26. The Morgan fingerprint density at radius 3 is 1.88 bits per heavy atom. The number of rotatable bonds is 1. The van der Waals surface area contributed by atoms with Gasteiger partial charge in [0.05, 0.1) is 17.2 Å². The Labute approximate surface area is 95.0 Å². The van der Waals surface area contributed by atoms with Crippen LogP contribution in [0.25, 0.3) is 0 Å². The maximum atomic E-state index is 13.0. The van der Waals surface area contributed by atoms with Gasteiger partial charge in [-0.15, -0.1) is 0 Å². The molecule has 2 amide bonds. The summed E-state index contributed by atoms with van der Waals surface area (Å²) in [6, 6.07) is 0.956. The average Bonchev–Trinajstić information content (AvgIpc) is 2.93. The Hall–Kier alpha value is -1.82. The smallest absolute Gasteiger partial charge is 0.261 e. The number of nitrogens with two attached hydrogens (primary N) is 1. The third-order valence-electron chi connectivity index (χ3n) is 3.10. The molecule has 2 unspecified atom stereocenters. The summed E-state index contributed by atoms with van der Waals surface area (Å²) in [5, 5.41) is 0. The summed E-state index contributed by atoms with van der Waals surface area (Å²) in [6.45, 7) is 0. The molecule has 1 fully saturated rings. The number of amides is 2. The van der Waals surface area contributed by atoms with Crippen molar-refractivity contribution in [1.29, 1.82) is 0 Å². The third kappa shape index (κ3) is 1.30. The zero-order valence-corrected chi connectivity index (χ0v) is 8.61. The van der Waals surface area contributed by atoms with E-state index in [-0.39, 0.29) is 23.2 Å². The van der Waals surface area contributed by atoms with Gasteiger partial charge in [-0.05, 0) is 18.6 Å². The number of halogens is 2. The topological polar surface area (TPSA) is 63.4 Å². The van der Waals surface area contributed by atoms with Gasteiger partial charge in [0.1, 0.15) is 0 Å². The molecule has 1 heterocycles. The van der Waals surface area contributed by atoms with Gasteiger partial charge in [-0.3, -0.25) is 14.5 Å². The fourth-order valence-electron chi connectivity index (χ4n) is 2.05.